The third-order valence-electron chi connectivity index (χ3n) is 3.97. The number of nitrogens with one attached hydrogen (secondary N) is 2. The molecule has 2 atom stereocenters. The number of rotatable bonds is 4. The maximum Gasteiger partial charge on any atom is 0.270 e. The Labute approximate surface area is 128 Å². The fourth-order valence-electron chi connectivity index (χ4n) is 2.86. The van der Waals surface area contributed by atoms with Gasteiger partial charge in [0.2, 0.25) is 0 Å². The van der Waals surface area contributed by atoms with Crippen LogP contribution in [0.4, 0.5) is 0 Å². The first-order valence-electron chi connectivity index (χ1n) is 7.39. The molecule has 2 aromatic rings. The molecule has 0 spiro atoms. The van der Waals surface area contributed by atoms with Crippen LogP contribution in [0.15, 0.2) is 29.1 Å². The van der Waals surface area contributed by atoms with Crippen LogP contribution in [-0.4, -0.2) is 16.3 Å². The summed E-state index contributed by atoms with van der Waals surface area (Å²) >= 11 is 5.94. The van der Waals surface area contributed by atoms with Gasteiger partial charge in [0, 0.05) is 17.1 Å². The lowest BCUT2D eigenvalue weighted by molar-refractivity contribution is -0.0103. The Kier molecular flexibility index (Phi) is 4.17. The lowest BCUT2D eigenvalue weighted by Gasteiger charge is -2.29. The molecule has 0 amide bonds. The zero-order valence-electron chi connectivity index (χ0n) is 12.0. The number of aromatic amines is 2. The van der Waals surface area contributed by atoms with Crippen LogP contribution in [0.5, 0.6) is 0 Å². The van der Waals surface area contributed by atoms with Crippen LogP contribution in [0.3, 0.4) is 0 Å². The standard InChI is InChI=1S/C16H19ClN2O2/c1-2-3-4-12-9-13-14(16(20)19-18-13)15(21-12)10-5-7-11(17)8-6-10/h5-8,12,15H,2-4,9H2,1H3,(H2,18,19,20)/t12-,15-/m1/s1. The average molecular weight is 307 g/mol. The van der Waals surface area contributed by atoms with E-state index in [0.29, 0.717) is 10.6 Å². The Morgan fingerprint density at radius 2 is 2.05 bits per heavy atom. The molecule has 1 aliphatic rings. The molecule has 0 aliphatic carbocycles. The lowest BCUT2D eigenvalue weighted by atomic mass is 9.94. The normalized spacial score (nSPS) is 21.2. The second kappa shape index (κ2) is 6.08. The highest BCUT2D eigenvalue weighted by Crippen LogP contribution is 2.34. The molecule has 4 nitrogen and oxygen atoms in total. The Bertz CT molecular complexity index is 660. The van der Waals surface area contributed by atoms with Crippen LogP contribution in [0.2, 0.25) is 5.02 Å². The molecule has 3 rings (SSSR count). The molecule has 0 bridgehead atoms. The van der Waals surface area contributed by atoms with Crippen molar-refractivity contribution in [2.45, 2.75) is 44.8 Å². The molecule has 2 heterocycles. The molecule has 5 heteroatoms. The van der Waals surface area contributed by atoms with E-state index in [-0.39, 0.29) is 17.8 Å². The number of aromatic nitrogens is 2. The quantitative estimate of drug-likeness (QED) is 0.907. The van der Waals surface area contributed by atoms with Crippen molar-refractivity contribution in [1.29, 1.82) is 0 Å². The van der Waals surface area contributed by atoms with E-state index in [1.165, 1.54) is 0 Å². The average Bonchev–Trinajstić information content (AvgIpc) is 2.87. The summed E-state index contributed by atoms with van der Waals surface area (Å²) in [5.74, 6) is 0. The Hall–Kier alpha value is -1.52. The molecule has 0 fully saturated rings. The smallest absolute Gasteiger partial charge is 0.270 e. The molecule has 1 aliphatic heterocycles. The van der Waals surface area contributed by atoms with E-state index in [9.17, 15) is 4.79 Å². The van der Waals surface area contributed by atoms with Crippen LogP contribution in [0.25, 0.3) is 0 Å². The van der Waals surface area contributed by atoms with Gasteiger partial charge in [-0.25, -0.2) is 0 Å². The summed E-state index contributed by atoms with van der Waals surface area (Å²) in [7, 11) is 0. The van der Waals surface area contributed by atoms with Gasteiger partial charge >= 0.3 is 0 Å². The van der Waals surface area contributed by atoms with Gasteiger partial charge in [0.05, 0.1) is 11.7 Å². The van der Waals surface area contributed by atoms with Crippen molar-refractivity contribution < 1.29 is 4.74 Å². The van der Waals surface area contributed by atoms with Gasteiger partial charge in [0.1, 0.15) is 6.10 Å². The predicted molar refractivity (Wildman–Crippen MR) is 82.8 cm³/mol. The van der Waals surface area contributed by atoms with Crippen LogP contribution in [0.1, 0.15) is 49.1 Å². The Morgan fingerprint density at radius 1 is 1.29 bits per heavy atom. The Morgan fingerprint density at radius 3 is 2.76 bits per heavy atom. The van der Waals surface area contributed by atoms with Gasteiger partial charge in [-0.05, 0) is 24.1 Å². The van der Waals surface area contributed by atoms with E-state index >= 15 is 0 Å². The van der Waals surface area contributed by atoms with Crippen molar-refractivity contribution in [2.75, 3.05) is 0 Å². The summed E-state index contributed by atoms with van der Waals surface area (Å²) in [5.41, 5.74) is 2.53. The van der Waals surface area contributed by atoms with E-state index in [4.69, 9.17) is 16.3 Å². The molecule has 0 radical (unpaired) electrons. The first-order chi connectivity index (χ1) is 10.2. The number of ether oxygens (including phenoxy) is 1. The van der Waals surface area contributed by atoms with Gasteiger partial charge < -0.3 is 9.84 Å². The maximum atomic E-state index is 12.0. The lowest BCUT2D eigenvalue weighted by Crippen LogP contribution is -2.29. The molecule has 0 saturated carbocycles. The van der Waals surface area contributed by atoms with Crippen molar-refractivity contribution in [3.05, 3.63) is 56.5 Å². The van der Waals surface area contributed by atoms with E-state index < -0.39 is 0 Å². The third-order valence-corrected chi connectivity index (χ3v) is 4.22. The zero-order chi connectivity index (χ0) is 14.8. The first kappa shape index (κ1) is 14.4. The maximum absolute atomic E-state index is 12.0. The molecular weight excluding hydrogens is 288 g/mol. The van der Waals surface area contributed by atoms with Crippen molar-refractivity contribution in [2.24, 2.45) is 0 Å². The molecule has 1 aromatic heterocycles. The number of halogens is 1. The first-order valence-corrected chi connectivity index (χ1v) is 7.77. The largest absolute Gasteiger partial charge is 0.365 e. The Balaban J connectivity index is 1.95. The minimum Gasteiger partial charge on any atom is -0.365 e. The number of H-pyrrole nitrogens is 2. The fourth-order valence-corrected chi connectivity index (χ4v) is 2.99. The van der Waals surface area contributed by atoms with Crippen LogP contribution in [-0.2, 0) is 11.2 Å². The van der Waals surface area contributed by atoms with Crippen LogP contribution < -0.4 is 5.56 Å². The minimum absolute atomic E-state index is 0.0982. The monoisotopic (exact) mass is 306 g/mol. The molecule has 112 valence electrons. The van der Waals surface area contributed by atoms with Crippen molar-refractivity contribution in [3.63, 3.8) is 0 Å². The highest BCUT2D eigenvalue weighted by atomic mass is 35.5. The number of fused-ring (bicyclic) bond motifs is 1. The molecule has 0 saturated heterocycles. The second-order valence-electron chi connectivity index (χ2n) is 5.51. The fraction of sp³-hybridized carbons (Fsp3) is 0.438. The summed E-state index contributed by atoms with van der Waals surface area (Å²) < 4.78 is 6.20. The van der Waals surface area contributed by atoms with Crippen molar-refractivity contribution >= 4 is 11.6 Å². The summed E-state index contributed by atoms with van der Waals surface area (Å²) in [5, 5.41) is 6.36. The highest BCUT2D eigenvalue weighted by molar-refractivity contribution is 6.30. The van der Waals surface area contributed by atoms with E-state index in [1.54, 1.807) is 0 Å². The van der Waals surface area contributed by atoms with Gasteiger partial charge in [-0.15, -0.1) is 0 Å². The summed E-state index contributed by atoms with van der Waals surface area (Å²) in [4.78, 5) is 12.0. The number of unbranched alkanes of at least 4 members (excludes halogenated alkanes) is 1. The zero-order valence-corrected chi connectivity index (χ0v) is 12.7. The molecular formula is C16H19ClN2O2. The number of benzene rings is 1. The third kappa shape index (κ3) is 2.92. The minimum atomic E-state index is -0.317. The topological polar surface area (TPSA) is 57.9 Å². The summed E-state index contributed by atoms with van der Waals surface area (Å²) in [6, 6.07) is 7.50. The van der Waals surface area contributed by atoms with E-state index in [1.807, 2.05) is 24.3 Å². The van der Waals surface area contributed by atoms with Crippen LogP contribution in [0, 0.1) is 0 Å². The number of hydrogen-bond acceptors (Lipinski definition) is 2. The van der Waals surface area contributed by atoms with Gasteiger partial charge in [-0.3, -0.25) is 9.89 Å². The predicted octanol–water partition coefficient (Wildman–Crippen LogP) is 3.58. The van der Waals surface area contributed by atoms with Gasteiger partial charge in [-0.1, -0.05) is 43.5 Å². The van der Waals surface area contributed by atoms with Crippen molar-refractivity contribution in [1.82, 2.24) is 10.2 Å². The molecule has 21 heavy (non-hydrogen) atoms. The molecule has 0 unspecified atom stereocenters. The second-order valence-corrected chi connectivity index (χ2v) is 5.94. The van der Waals surface area contributed by atoms with Gasteiger partial charge in [-0.2, -0.15) is 0 Å². The van der Waals surface area contributed by atoms with Crippen LogP contribution >= 0.6 is 11.6 Å². The summed E-state index contributed by atoms with van der Waals surface area (Å²) in [6.07, 6.45) is 3.86. The number of hydrogen-bond donors (Lipinski definition) is 2. The van der Waals surface area contributed by atoms with E-state index in [2.05, 4.69) is 17.1 Å². The highest BCUT2D eigenvalue weighted by Gasteiger charge is 2.32. The van der Waals surface area contributed by atoms with E-state index in [0.717, 1.165) is 36.9 Å². The van der Waals surface area contributed by atoms with Gasteiger partial charge in [0.25, 0.3) is 5.56 Å². The van der Waals surface area contributed by atoms with Crippen molar-refractivity contribution in [3.8, 4) is 0 Å². The molecule has 1 aromatic carbocycles. The summed E-state index contributed by atoms with van der Waals surface area (Å²) in [6.45, 7) is 2.17. The van der Waals surface area contributed by atoms with Gasteiger partial charge in [0.15, 0.2) is 0 Å². The SMILES string of the molecule is CCCC[C@@H]1Cc2[nH][nH]c(=O)c2[C@@H](c2ccc(Cl)cc2)O1. The molecule has 2 N–H and O–H groups in total.